The van der Waals surface area contributed by atoms with Crippen LogP contribution in [0.4, 0.5) is 0 Å². The predicted molar refractivity (Wildman–Crippen MR) is 65.4 cm³/mol. The number of isocyanates is 1. The molecule has 0 radical (unpaired) electrons. The van der Waals surface area contributed by atoms with Crippen LogP contribution in [-0.2, 0) is 21.7 Å². The normalized spacial score (nSPS) is 17.7. The molecule has 0 heterocycles. The zero-order chi connectivity index (χ0) is 12.1. The van der Waals surface area contributed by atoms with Gasteiger partial charge in [0.2, 0.25) is 6.08 Å². The predicted octanol–water partition coefficient (Wildman–Crippen LogP) is 2.94. The molecule has 1 aliphatic rings. The van der Waals surface area contributed by atoms with Crippen LogP contribution in [0, 0.1) is 0 Å². The van der Waals surface area contributed by atoms with E-state index in [9.17, 15) is 4.79 Å². The molecular weight excluding hydrogens is 214 g/mol. The summed E-state index contributed by atoms with van der Waals surface area (Å²) >= 11 is 0. The van der Waals surface area contributed by atoms with Crippen molar-refractivity contribution in [2.24, 2.45) is 4.99 Å². The Balaban J connectivity index is 2.27. The first-order chi connectivity index (χ1) is 8.30. The van der Waals surface area contributed by atoms with Crippen molar-refractivity contribution < 1.29 is 9.53 Å². The van der Waals surface area contributed by atoms with Gasteiger partial charge in [-0.3, -0.25) is 0 Å². The van der Waals surface area contributed by atoms with Crippen LogP contribution in [0.5, 0.6) is 0 Å². The lowest BCUT2D eigenvalue weighted by molar-refractivity contribution is 0.185. The summed E-state index contributed by atoms with van der Waals surface area (Å²) in [4.78, 5) is 14.7. The van der Waals surface area contributed by atoms with Gasteiger partial charge in [0.1, 0.15) is 0 Å². The summed E-state index contributed by atoms with van der Waals surface area (Å²) in [7, 11) is 1.68. The quantitative estimate of drug-likeness (QED) is 0.590. The molecule has 1 saturated carbocycles. The number of hydrogen-bond donors (Lipinski definition) is 0. The van der Waals surface area contributed by atoms with Gasteiger partial charge in [-0.05, 0) is 24.0 Å². The number of carbonyl (C=O) groups excluding carboxylic acids is 1. The van der Waals surface area contributed by atoms with Crippen LogP contribution in [0.2, 0.25) is 0 Å². The number of benzene rings is 1. The minimum Gasteiger partial charge on any atom is -0.380 e. The van der Waals surface area contributed by atoms with Crippen molar-refractivity contribution in [3.63, 3.8) is 0 Å². The van der Waals surface area contributed by atoms with Gasteiger partial charge in [0.15, 0.2) is 0 Å². The number of ether oxygens (including phenoxy) is 1. The van der Waals surface area contributed by atoms with Crippen molar-refractivity contribution in [3.05, 3.63) is 35.4 Å². The Hall–Kier alpha value is -1.44. The van der Waals surface area contributed by atoms with E-state index in [2.05, 4.69) is 17.1 Å². The SMILES string of the molecule is COCc1ccc(C2(N=C=O)CCCC2)cc1. The Morgan fingerprint density at radius 3 is 2.47 bits per heavy atom. The molecule has 0 amide bonds. The first kappa shape index (κ1) is 12.0. The molecule has 0 bridgehead atoms. The molecule has 0 aliphatic heterocycles. The van der Waals surface area contributed by atoms with Crippen LogP contribution in [-0.4, -0.2) is 13.2 Å². The van der Waals surface area contributed by atoms with Gasteiger partial charge >= 0.3 is 0 Å². The Labute approximate surface area is 102 Å². The van der Waals surface area contributed by atoms with E-state index < -0.39 is 0 Å². The summed E-state index contributed by atoms with van der Waals surface area (Å²) in [6.07, 6.45) is 5.90. The highest BCUT2D eigenvalue weighted by atomic mass is 16.5. The fraction of sp³-hybridized carbons (Fsp3) is 0.500. The Morgan fingerprint density at radius 2 is 1.94 bits per heavy atom. The molecule has 1 fully saturated rings. The topological polar surface area (TPSA) is 38.7 Å². The van der Waals surface area contributed by atoms with E-state index in [1.165, 1.54) is 0 Å². The van der Waals surface area contributed by atoms with Crippen molar-refractivity contribution in [1.82, 2.24) is 0 Å². The van der Waals surface area contributed by atoms with Crippen LogP contribution in [0.25, 0.3) is 0 Å². The molecule has 0 unspecified atom stereocenters. The monoisotopic (exact) mass is 231 g/mol. The number of aliphatic imine (C=N–C) groups is 1. The molecule has 0 spiro atoms. The lowest BCUT2D eigenvalue weighted by atomic mass is 9.88. The van der Waals surface area contributed by atoms with E-state index >= 15 is 0 Å². The van der Waals surface area contributed by atoms with Gasteiger partial charge < -0.3 is 4.74 Å². The van der Waals surface area contributed by atoms with Gasteiger partial charge in [-0.25, -0.2) is 4.79 Å². The van der Waals surface area contributed by atoms with E-state index in [-0.39, 0.29) is 5.54 Å². The molecule has 0 saturated heterocycles. The van der Waals surface area contributed by atoms with Gasteiger partial charge in [-0.1, -0.05) is 37.1 Å². The molecule has 2 rings (SSSR count). The van der Waals surface area contributed by atoms with E-state index in [1.54, 1.807) is 13.2 Å². The fourth-order valence-corrected chi connectivity index (χ4v) is 2.59. The van der Waals surface area contributed by atoms with Crippen molar-refractivity contribution in [2.75, 3.05) is 7.11 Å². The lowest BCUT2D eigenvalue weighted by Gasteiger charge is -2.22. The lowest BCUT2D eigenvalue weighted by Crippen LogP contribution is -2.18. The zero-order valence-corrected chi connectivity index (χ0v) is 10.1. The van der Waals surface area contributed by atoms with Crippen LogP contribution < -0.4 is 0 Å². The maximum Gasteiger partial charge on any atom is 0.235 e. The first-order valence-corrected chi connectivity index (χ1v) is 5.98. The second kappa shape index (κ2) is 5.26. The average Bonchev–Trinajstić information content (AvgIpc) is 2.81. The fourth-order valence-electron chi connectivity index (χ4n) is 2.59. The maximum atomic E-state index is 10.6. The average molecular weight is 231 g/mol. The van der Waals surface area contributed by atoms with Crippen molar-refractivity contribution in [2.45, 2.75) is 37.8 Å². The summed E-state index contributed by atoms with van der Waals surface area (Å²) in [5.41, 5.74) is 1.95. The molecule has 1 aliphatic carbocycles. The Bertz CT molecular complexity index is 412. The van der Waals surface area contributed by atoms with Gasteiger partial charge in [0.25, 0.3) is 0 Å². The van der Waals surface area contributed by atoms with Gasteiger partial charge in [0.05, 0.1) is 12.1 Å². The number of rotatable bonds is 4. The highest BCUT2D eigenvalue weighted by Crippen LogP contribution is 2.41. The van der Waals surface area contributed by atoms with E-state index in [4.69, 9.17) is 4.74 Å². The third kappa shape index (κ3) is 2.46. The maximum absolute atomic E-state index is 10.6. The zero-order valence-electron chi connectivity index (χ0n) is 10.1. The Morgan fingerprint density at radius 1 is 1.29 bits per heavy atom. The molecule has 0 N–H and O–H groups in total. The molecule has 1 aromatic carbocycles. The minimum atomic E-state index is -0.312. The van der Waals surface area contributed by atoms with Gasteiger partial charge in [0, 0.05) is 7.11 Å². The van der Waals surface area contributed by atoms with Gasteiger partial charge in [-0.15, -0.1) is 0 Å². The molecule has 0 aromatic heterocycles. The minimum absolute atomic E-state index is 0.312. The van der Waals surface area contributed by atoms with Gasteiger partial charge in [-0.2, -0.15) is 4.99 Å². The van der Waals surface area contributed by atoms with Crippen molar-refractivity contribution in [3.8, 4) is 0 Å². The molecule has 1 aromatic rings. The molecule has 3 nitrogen and oxygen atoms in total. The number of methoxy groups -OCH3 is 1. The second-order valence-corrected chi connectivity index (χ2v) is 4.57. The number of hydrogen-bond acceptors (Lipinski definition) is 3. The summed E-state index contributed by atoms with van der Waals surface area (Å²) in [5.74, 6) is 0. The molecular formula is C14H17NO2. The standard InChI is InChI=1S/C14H17NO2/c1-17-10-12-4-6-13(7-5-12)14(15-11-16)8-2-3-9-14/h4-7H,2-3,8-10H2,1H3. The number of nitrogens with zero attached hydrogens (tertiary/aromatic N) is 1. The highest BCUT2D eigenvalue weighted by molar-refractivity contribution is 5.39. The van der Waals surface area contributed by atoms with Crippen LogP contribution in [0.15, 0.2) is 29.3 Å². The molecule has 17 heavy (non-hydrogen) atoms. The third-order valence-electron chi connectivity index (χ3n) is 3.49. The Kier molecular flexibility index (Phi) is 3.72. The summed E-state index contributed by atoms with van der Waals surface area (Å²) in [6, 6.07) is 8.19. The van der Waals surface area contributed by atoms with Crippen LogP contribution in [0.3, 0.4) is 0 Å². The van der Waals surface area contributed by atoms with Crippen LogP contribution >= 0.6 is 0 Å². The van der Waals surface area contributed by atoms with E-state index in [0.717, 1.165) is 36.8 Å². The van der Waals surface area contributed by atoms with Crippen molar-refractivity contribution >= 4 is 6.08 Å². The molecule has 0 atom stereocenters. The van der Waals surface area contributed by atoms with E-state index in [0.29, 0.717) is 6.61 Å². The largest absolute Gasteiger partial charge is 0.380 e. The van der Waals surface area contributed by atoms with Crippen LogP contribution in [0.1, 0.15) is 36.8 Å². The smallest absolute Gasteiger partial charge is 0.235 e. The molecule has 3 heteroatoms. The van der Waals surface area contributed by atoms with Crippen molar-refractivity contribution in [1.29, 1.82) is 0 Å². The summed E-state index contributed by atoms with van der Waals surface area (Å²) < 4.78 is 5.08. The third-order valence-corrected chi connectivity index (χ3v) is 3.49. The summed E-state index contributed by atoms with van der Waals surface area (Å²) in [5, 5.41) is 0. The molecule has 90 valence electrons. The second-order valence-electron chi connectivity index (χ2n) is 4.57. The summed E-state index contributed by atoms with van der Waals surface area (Å²) in [6.45, 7) is 0.615. The van der Waals surface area contributed by atoms with E-state index in [1.807, 2.05) is 12.1 Å². The highest BCUT2D eigenvalue weighted by Gasteiger charge is 2.35. The first-order valence-electron chi connectivity index (χ1n) is 5.98.